The van der Waals surface area contributed by atoms with Crippen LogP contribution in [-0.2, 0) is 9.47 Å². The van der Waals surface area contributed by atoms with Gasteiger partial charge in [-0.2, -0.15) is 0 Å². The maximum atomic E-state index is 5.73. The molecule has 0 saturated carbocycles. The SMILES string of the molecule is COCCCOCCOc1cccc(N)c1Br. The molecule has 0 aromatic heterocycles. The highest BCUT2D eigenvalue weighted by atomic mass is 79.9. The zero-order valence-corrected chi connectivity index (χ0v) is 11.5. The summed E-state index contributed by atoms with van der Waals surface area (Å²) in [7, 11) is 1.68. The zero-order chi connectivity index (χ0) is 12.5. The van der Waals surface area contributed by atoms with Crippen LogP contribution < -0.4 is 10.5 Å². The van der Waals surface area contributed by atoms with Crippen LogP contribution in [0.5, 0.6) is 5.75 Å². The second-order valence-electron chi connectivity index (χ2n) is 3.47. The van der Waals surface area contributed by atoms with Crippen LogP contribution in [-0.4, -0.2) is 33.5 Å². The first kappa shape index (κ1) is 14.3. The Balaban J connectivity index is 2.16. The molecular weight excluding hydrogens is 286 g/mol. The molecule has 0 aliphatic carbocycles. The van der Waals surface area contributed by atoms with Gasteiger partial charge in [-0.1, -0.05) is 6.07 Å². The van der Waals surface area contributed by atoms with Crippen molar-refractivity contribution in [2.75, 3.05) is 39.3 Å². The summed E-state index contributed by atoms with van der Waals surface area (Å²) >= 11 is 3.38. The molecular formula is C12H18BrNO3. The maximum absolute atomic E-state index is 5.73. The fourth-order valence-electron chi connectivity index (χ4n) is 1.26. The molecule has 1 aromatic rings. The van der Waals surface area contributed by atoms with Crippen molar-refractivity contribution in [3.8, 4) is 5.75 Å². The second kappa shape index (κ2) is 8.33. The summed E-state index contributed by atoms with van der Waals surface area (Å²) in [5.41, 5.74) is 6.40. The van der Waals surface area contributed by atoms with Gasteiger partial charge in [-0.05, 0) is 34.5 Å². The van der Waals surface area contributed by atoms with E-state index in [1.54, 1.807) is 7.11 Å². The number of benzene rings is 1. The van der Waals surface area contributed by atoms with E-state index >= 15 is 0 Å². The van der Waals surface area contributed by atoms with E-state index in [1.807, 2.05) is 18.2 Å². The van der Waals surface area contributed by atoms with Crippen molar-refractivity contribution in [3.05, 3.63) is 22.7 Å². The van der Waals surface area contributed by atoms with Gasteiger partial charge in [0.15, 0.2) is 0 Å². The molecule has 0 aliphatic heterocycles. The first-order valence-corrected chi connectivity index (χ1v) is 6.28. The lowest BCUT2D eigenvalue weighted by Gasteiger charge is -2.09. The van der Waals surface area contributed by atoms with E-state index in [0.717, 1.165) is 23.2 Å². The molecule has 0 heterocycles. The summed E-state index contributed by atoms with van der Waals surface area (Å²) in [5.74, 6) is 0.741. The quantitative estimate of drug-likeness (QED) is 0.592. The monoisotopic (exact) mass is 303 g/mol. The van der Waals surface area contributed by atoms with E-state index in [9.17, 15) is 0 Å². The molecule has 5 heteroatoms. The Morgan fingerprint density at radius 2 is 2.00 bits per heavy atom. The van der Waals surface area contributed by atoms with E-state index < -0.39 is 0 Å². The highest BCUT2D eigenvalue weighted by Gasteiger charge is 2.03. The number of hydrogen-bond donors (Lipinski definition) is 1. The Bertz CT molecular complexity index is 334. The molecule has 0 fully saturated rings. The third kappa shape index (κ3) is 5.39. The number of nitrogens with two attached hydrogens (primary N) is 1. The summed E-state index contributed by atoms with van der Waals surface area (Å²) in [5, 5.41) is 0. The van der Waals surface area contributed by atoms with Crippen molar-refractivity contribution < 1.29 is 14.2 Å². The van der Waals surface area contributed by atoms with Gasteiger partial charge >= 0.3 is 0 Å². The van der Waals surface area contributed by atoms with Crippen LogP contribution in [0.1, 0.15) is 6.42 Å². The lowest BCUT2D eigenvalue weighted by molar-refractivity contribution is 0.0805. The van der Waals surface area contributed by atoms with E-state index in [-0.39, 0.29) is 0 Å². The van der Waals surface area contributed by atoms with Crippen molar-refractivity contribution in [1.29, 1.82) is 0 Å². The fourth-order valence-corrected chi connectivity index (χ4v) is 1.64. The number of anilines is 1. The van der Waals surface area contributed by atoms with Gasteiger partial charge in [-0.25, -0.2) is 0 Å². The summed E-state index contributed by atoms with van der Waals surface area (Å²) < 4.78 is 16.6. The average Bonchev–Trinajstić information content (AvgIpc) is 2.33. The lowest BCUT2D eigenvalue weighted by Crippen LogP contribution is -2.09. The minimum Gasteiger partial charge on any atom is -0.490 e. The van der Waals surface area contributed by atoms with Crippen LogP contribution in [0.25, 0.3) is 0 Å². The number of ether oxygens (including phenoxy) is 3. The summed E-state index contributed by atoms with van der Waals surface area (Å²) in [6.07, 6.45) is 0.901. The summed E-state index contributed by atoms with van der Waals surface area (Å²) in [4.78, 5) is 0. The van der Waals surface area contributed by atoms with Crippen LogP contribution in [0.3, 0.4) is 0 Å². The van der Waals surface area contributed by atoms with Crippen LogP contribution >= 0.6 is 15.9 Å². The number of rotatable bonds is 8. The average molecular weight is 304 g/mol. The molecule has 0 spiro atoms. The first-order valence-electron chi connectivity index (χ1n) is 5.49. The van der Waals surface area contributed by atoms with Gasteiger partial charge < -0.3 is 19.9 Å². The van der Waals surface area contributed by atoms with Crippen LogP contribution in [0.2, 0.25) is 0 Å². The highest BCUT2D eigenvalue weighted by Crippen LogP contribution is 2.29. The zero-order valence-electron chi connectivity index (χ0n) is 9.95. The fraction of sp³-hybridized carbons (Fsp3) is 0.500. The standard InChI is InChI=1S/C12H18BrNO3/c1-15-6-3-7-16-8-9-17-11-5-2-4-10(14)12(11)13/h2,4-5H,3,6-9,14H2,1H3. The molecule has 0 unspecified atom stereocenters. The first-order chi connectivity index (χ1) is 8.25. The van der Waals surface area contributed by atoms with Gasteiger partial charge in [0.1, 0.15) is 12.4 Å². The van der Waals surface area contributed by atoms with E-state index in [2.05, 4.69) is 15.9 Å². The third-order valence-corrected chi connectivity index (χ3v) is 2.96. The molecule has 0 radical (unpaired) electrons. The van der Waals surface area contributed by atoms with Crippen molar-refractivity contribution >= 4 is 21.6 Å². The largest absolute Gasteiger partial charge is 0.490 e. The molecule has 0 aliphatic rings. The Morgan fingerprint density at radius 3 is 2.76 bits per heavy atom. The van der Waals surface area contributed by atoms with Crippen LogP contribution in [0, 0.1) is 0 Å². The molecule has 0 saturated heterocycles. The summed E-state index contributed by atoms with van der Waals surface area (Å²) in [6.45, 7) is 2.48. The Kier molecular flexibility index (Phi) is 7.00. The minimum absolute atomic E-state index is 0.509. The van der Waals surface area contributed by atoms with Gasteiger partial charge in [-0.3, -0.25) is 0 Å². The predicted octanol–water partition coefficient (Wildman–Crippen LogP) is 2.46. The van der Waals surface area contributed by atoms with Crippen molar-refractivity contribution in [3.63, 3.8) is 0 Å². The van der Waals surface area contributed by atoms with Crippen LogP contribution in [0.15, 0.2) is 22.7 Å². The highest BCUT2D eigenvalue weighted by molar-refractivity contribution is 9.10. The third-order valence-electron chi connectivity index (χ3n) is 2.12. The van der Waals surface area contributed by atoms with Gasteiger partial charge in [0.25, 0.3) is 0 Å². The molecule has 1 aromatic carbocycles. The molecule has 2 N–H and O–H groups in total. The van der Waals surface area contributed by atoms with Gasteiger partial charge in [0.05, 0.1) is 11.1 Å². The number of hydrogen-bond acceptors (Lipinski definition) is 4. The molecule has 96 valence electrons. The molecule has 1 rings (SSSR count). The predicted molar refractivity (Wildman–Crippen MR) is 71.4 cm³/mol. The smallest absolute Gasteiger partial charge is 0.135 e. The Hall–Kier alpha value is -0.780. The van der Waals surface area contributed by atoms with E-state index in [1.165, 1.54) is 0 Å². The Morgan fingerprint density at radius 1 is 1.18 bits per heavy atom. The maximum Gasteiger partial charge on any atom is 0.135 e. The molecule has 0 bridgehead atoms. The van der Waals surface area contributed by atoms with Crippen LogP contribution in [0.4, 0.5) is 5.69 Å². The van der Waals surface area contributed by atoms with Gasteiger partial charge in [0.2, 0.25) is 0 Å². The number of halogens is 1. The lowest BCUT2D eigenvalue weighted by atomic mass is 10.3. The molecule has 0 amide bonds. The van der Waals surface area contributed by atoms with E-state index in [0.29, 0.717) is 25.5 Å². The van der Waals surface area contributed by atoms with Gasteiger partial charge in [0, 0.05) is 26.0 Å². The van der Waals surface area contributed by atoms with Crippen molar-refractivity contribution in [1.82, 2.24) is 0 Å². The summed E-state index contributed by atoms with van der Waals surface area (Å²) in [6, 6.07) is 5.54. The van der Waals surface area contributed by atoms with Crippen molar-refractivity contribution in [2.45, 2.75) is 6.42 Å². The topological polar surface area (TPSA) is 53.7 Å². The molecule has 17 heavy (non-hydrogen) atoms. The molecule has 4 nitrogen and oxygen atoms in total. The number of methoxy groups -OCH3 is 1. The Labute approximate surface area is 110 Å². The van der Waals surface area contributed by atoms with E-state index in [4.69, 9.17) is 19.9 Å². The minimum atomic E-state index is 0.509. The normalized spacial score (nSPS) is 10.5. The number of nitrogen functional groups attached to an aromatic ring is 1. The van der Waals surface area contributed by atoms with Crippen molar-refractivity contribution in [2.24, 2.45) is 0 Å². The molecule has 0 atom stereocenters. The second-order valence-corrected chi connectivity index (χ2v) is 4.26. The van der Waals surface area contributed by atoms with Gasteiger partial charge in [-0.15, -0.1) is 0 Å².